The topological polar surface area (TPSA) is 109 Å². The highest BCUT2D eigenvalue weighted by molar-refractivity contribution is 7.93. The molecule has 10 heteroatoms. The van der Waals surface area contributed by atoms with E-state index in [0.717, 1.165) is 4.70 Å². The highest BCUT2D eigenvalue weighted by atomic mass is 32.2. The van der Waals surface area contributed by atoms with E-state index < -0.39 is 16.1 Å². The summed E-state index contributed by atoms with van der Waals surface area (Å²) in [6, 6.07) is 19.8. The lowest BCUT2D eigenvalue weighted by Crippen LogP contribution is -2.19. The van der Waals surface area contributed by atoms with E-state index >= 15 is 0 Å². The van der Waals surface area contributed by atoms with Crippen LogP contribution in [0, 0.1) is 0 Å². The van der Waals surface area contributed by atoms with Gasteiger partial charge in [0.1, 0.15) is 5.75 Å². The van der Waals surface area contributed by atoms with Crippen LogP contribution < -0.4 is 20.1 Å². The number of fused-ring (bicyclic) bond motifs is 1. The fourth-order valence-electron chi connectivity index (χ4n) is 2.79. The highest BCUT2D eigenvalue weighted by Gasteiger charge is 2.16. The standard InChI is InChI=1S/C21H18N4O4S2/c1-29-16-10-7-14(8-11-16)22-20(26)23-15-9-12-18-19(13-15)30-21(24-18)25-31(27,28)17-5-3-2-4-6-17/h2-13H,1H3,(H,24,25)(H2,22,23,26). The lowest BCUT2D eigenvalue weighted by molar-refractivity contribution is 0.262. The van der Waals surface area contributed by atoms with Crippen molar-refractivity contribution in [3.8, 4) is 5.75 Å². The average Bonchev–Trinajstić information content (AvgIpc) is 3.15. The van der Waals surface area contributed by atoms with E-state index in [1.165, 1.54) is 23.5 Å². The number of carbonyl (C=O) groups excluding carboxylic acids is 1. The van der Waals surface area contributed by atoms with E-state index in [1.807, 2.05) is 0 Å². The van der Waals surface area contributed by atoms with Crippen LogP contribution in [0.1, 0.15) is 0 Å². The summed E-state index contributed by atoms with van der Waals surface area (Å²) in [5.41, 5.74) is 1.80. The number of rotatable bonds is 6. The van der Waals surface area contributed by atoms with Gasteiger partial charge in [-0.05, 0) is 54.6 Å². The van der Waals surface area contributed by atoms with Crippen LogP contribution >= 0.6 is 11.3 Å². The number of nitrogens with one attached hydrogen (secondary N) is 3. The van der Waals surface area contributed by atoms with E-state index in [4.69, 9.17) is 4.74 Å². The first-order valence-corrected chi connectivity index (χ1v) is 11.4. The summed E-state index contributed by atoms with van der Waals surface area (Å²) in [7, 11) is -2.15. The maximum atomic E-state index is 12.5. The van der Waals surface area contributed by atoms with Crippen LogP contribution in [0.2, 0.25) is 0 Å². The van der Waals surface area contributed by atoms with Crippen LogP contribution in [-0.4, -0.2) is 26.5 Å². The largest absolute Gasteiger partial charge is 0.497 e. The maximum Gasteiger partial charge on any atom is 0.323 e. The molecule has 8 nitrogen and oxygen atoms in total. The second-order valence-corrected chi connectivity index (χ2v) is 9.14. The smallest absolute Gasteiger partial charge is 0.323 e. The summed E-state index contributed by atoms with van der Waals surface area (Å²) in [6.45, 7) is 0. The van der Waals surface area contributed by atoms with E-state index in [1.54, 1.807) is 67.8 Å². The number of anilines is 3. The molecule has 0 fully saturated rings. The van der Waals surface area contributed by atoms with Crippen LogP contribution in [0.5, 0.6) is 5.75 Å². The van der Waals surface area contributed by atoms with E-state index in [-0.39, 0.29) is 10.0 Å². The van der Waals surface area contributed by atoms with Crippen LogP contribution in [-0.2, 0) is 10.0 Å². The summed E-state index contributed by atoms with van der Waals surface area (Å²) < 4.78 is 33.3. The molecule has 0 spiro atoms. The molecule has 1 aromatic heterocycles. The van der Waals surface area contributed by atoms with Crippen LogP contribution in [0.25, 0.3) is 10.2 Å². The summed E-state index contributed by atoms with van der Waals surface area (Å²) >= 11 is 1.18. The predicted octanol–water partition coefficient (Wildman–Crippen LogP) is 4.75. The number of thiazole rings is 1. The van der Waals surface area contributed by atoms with Crippen molar-refractivity contribution in [1.29, 1.82) is 0 Å². The third-order valence-electron chi connectivity index (χ3n) is 4.27. The van der Waals surface area contributed by atoms with Crippen molar-refractivity contribution in [1.82, 2.24) is 4.98 Å². The first kappa shape index (κ1) is 20.6. The minimum absolute atomic E-state index is 0.159. The number of methoxy groups -OCH3 is 1. The summed E-state index contributed by atoms with van der Waals surface area (Å²) in [6.07, 6.45) is 0. The molecule has 0 saturated carbocycles. The number of ether oxygens (including phenoxy) is 1. The molecule has 2 amide bonds. The molecule has 31 heavy (non-hydrogen) atoms. The molecule has 0 saturated heterocycles. The number of carbonyl (C=O) groups is 1. The number of hydrogen-bond acceptors (Lipinski definition) is 6. The molecule has 3 aromatic carbocycles. The number of urea groups is 1. The van der Waals surface area contributed by atoms with Crippen LogP contribution in [0.15, 0.2) is 77.7 Å². The molecular formula is C21H18N4O4S2. The van der Waals surface area contributed by atoms with Crippen molar-refractivity contribution in [2.24, 2.45) is 0 Å². The molecule has 0 aliphatic carbocycles. The van der Waals surface area contributed by atoms with Crippen molar-refractivity contribution in [3.05, 3.63) is 72.8 Å². The van der Waals surface area contributed by atoms with E-state index in [0.29, 0.717) is 22.6 Å². The second kappa shape index (κ2) is 8.62. The van der Waals surface area contributed by atoms with Gasteiger partial charge in [-0.2, -0.15) is 0 Å². The minimum Gasteiger partial charge on any atom is -0.497 e. The molecular weight excluding hydrogens is 436 g/mol. The Kier molecular flexibility index (Phi) is 5.74. The Morgan fingerprint density at radius 2 is 1.61 bits per heavy atom. The van der Waals surface area contributed by atoms with Gasteiger partial charge in [0.05, 0.1) is 22.2 Å². The van der Waals surface area contributed by atoms with E-state index in [2.05, 4.69) is 20.3 Å². The van der Waals surface area contributed by atoms with Crippen LogP contribution in [0.3, 0.4) is 0 Å². The molecule has 158 valence electrons. The monoisotopic (exact) mass is 454 g/mol. The Labute approximate surface area is 183 Å². The molecule has 0 bridgehead atoms. The minimum atomic E-state index is -3.72. The third kappa shape index (κ3) is 4.93. The highest BCUT2D eigenvalue weighted by Crippen LogP contribution is 2.30. The predicted molar refractivity (Wildman–Crippen MR) is 123 cm³/mol. The normalized spacial score (nSPS) is 11.1. The summed E-state index contributed by atoms with van der Waals surface area (Å²) in [5, 5.41) is 5.74. The molecule has 0 aliphatic rings. The van der Waals surface area contributed by atoms with Gasteiger partial charge in [0.25, 0.3) is 10.0 Å². The van der Waals surface area contributed by atoms with Gasteiger partial charge in [-0.1, -0.05) is 29.5 Å². The fraction of sp³-hybridized carbons (Fsp3) is 0.0476. The Hall–Kier alpha value is -3.63. The Morgan fingerprint density at radius 3 is 2.32 bits per heavy atom. The average molecular weight is 455 g/mol. The first-order valence-electron chi connectivity index (χ1n) is 9.13. The van der Waals surface area contributed by atoms with E-state index in [9.17, 15) is 13.2 Å². The maximum absolute atomic E-state index is 12.5. The molecule has 0 aliphatic heterocycles. The second-order valence-electron chi connectivity index (χ2n) is 6.43. The zero-order valence-corrected chi connectivity index (χ0v) is 18.0. The number of benzene rings is 3. The van der Waals surface area contributed by atoms with Gasteiger partial charge in [-0.25, -0.2) is 18.2 Å². The Balaban J connectivity index is 1.46. The fourth-order valence-corrected chi connectivity index (χ4v) is 4.95. The number of aromatic nitrogens is 1. The van der Waals surface area contributed by atoms with Gasteiger partial charge in [0.15, 0.2) is 5.13 Å². The van der Waals surface area contributed by atoms with Gasteiger partial charge in [0.2, 0.25) is 0 Å². The van der Waals surface area contributed by atoms with Gasteiger partial charge in [-0.3, -0.25) is 4.72 Å². The molecule has 1 heterocycles. The third-order valence-corrected chi connectivity index (χ3v) is 6.69. The summed E-state index contributed by atoms with van der Waals surface area (Å²) in [4.78, 5) is 16.7. The molecule has 4 rings (SSSR count). The van der Waals surface area contributed by atoms with Crippen molar-refractivity contribution < 1.29 is 17.9 Å². The zero-order chi connectivity index (χ0) is 21.8. The number of sulfonamides is 1. The van der Waals surface area contributed by atoms with Crippen molar-refractivity contribution in [2.45, 2.75) is 4.90 Å². The number of amides is 2. The van der Waals surface area contributed by atoms with Gasteiger partial charge < -0.3 is 15.4 Å². The van der Waals surface area contributed by atoms with Crippen molar-refractivity contribution in [3.63, 3.8) is 0 Å². The molecule has 0 unspecified atom stereocenters. The SMILES string of the molecule is COc1ccc(NC(=O)Nc2ccc3nc(NS(=O)(=O)c4ccccc4)sc3c2)cc1. The Bertz CT molecular complexity index is 1320. The Morgan fingerprint density at radius 1 is 0.935 bits per heavy atom. The molecule has 3 N–H and O–H groups in total. The summed E-state index contributed by atoms with van der Waals surface area (Å²) in [5.74, 6) is 0.695. The van der Waals surface area contributed by atoms with Gasteiger partial charge in [0, 0.05) is 11.4 Å². The quantitative estimate of drug-likeness (QED) is 0.389. The molecule has 0 atom stereocenters. The molecule has 4 aromatic rings. The van der Waals surface area contributed by atoms with Crippen molar-refractivity contribution in [2.75, 3.05) is 22.5 Å². The lowest BCUT2D eigenvalue weighted by atomic mass is 10.3. The first-order chi connectivity index (χ1) is 14.9. The lowest BCUT2D eigenvalue weighted by Gasteiger charge is -2.08. The van der Waals surface area contributed by atoms with Crippen LogP contribution in [0.4, 0.5) is 21.3 Å². The molecule has 0 radical (unpaired) electrons. The zero-order valence-electron chi connectivity index (χ0n) is 16.3. The van der Waals surface area contributed by atoms with Gasteiger partial charge >= 0.3 is 6.03 Å². The number of hydrogen-bond donors (Lipinski definition) is 3. The van der Waals surface area contributed by atoms with Gasteiger partial charge in [-0.15, -0.1) is 0 Å². The van der Waals surface area contributed by atoms with Crippen molar-refractivity contribution >= 4 is 54.1 Å². The number of nitrogens with zero attached hydrogens (tertiary/aromatic N) is 1.